The van der Waals surface area contributed by atoms with Crippen LogP contribution in [-0.2, 0) is 0 Å². The van der Waals surface area contributed by atoms with Crippen LogP contribution in [0.3, 0.4) is 0 Å². The third-order valence-corrected chi connectivity index (χ3v) is 3.96. The molecule has 6 nitrogen and oxygen atoms in total. The molecule has 7 heteroatoms. The summed E-state index contributed by atoms with van der Waals surface area (Å²) in [5, 5.41) is 13.8. The zero-order valence-electron chi connectivity index (χ0n) is 13.3. The maximum atomic E-state index is 12.4. The van der Waals surface area contributed by atoms with Crippen LogP contribution >= 0.6 is 11.6 Å². The number of amides is 1. The number of rotatable bonds is 6. The first kappa shape index (κ1) is 17.7. The summed E-state index contributed by atoms with van der Waals surface area (Å²) in [7, 11) is 1.58. The van der Waals surface area contributed by atoms with Gasteiger partial charge in [-0.05, 0) is 36.2 Å². The number of hydrogen-bond acceptors (Lipinski definition) is 4. The number of hydrogen-bond donors (Lipinski definition) is 1. The normalized spacial score (nSPS) is 11.6. The standard InChI is InChI=1S/C17H17ClN2O4/c1-3-15(11-4-7-13(24-2)8-5-11)19-17(21)12-6-9-14(18)16(10-12)20(22)23/h4-10,15H,3H2,1-2H3,(H,19,21)/t15-/m0/s1. The fourth-order valence-electron chi connectivity index (χ4n) is 2.29. The van der Waals surface area contributed by atoms with Gasteiger partial charge in [0.15, 0.2) is 0 Å². The highest BCUT2D eigenvalue weighted by Crippen LogP contribution is 2.26. The van der Waals surface area contributed by atoms with Gasteiger partial charge in [-0.25, -0.2) is 0 Å². The SMILES string of the molecule is CC[C@H](NC(=O)c1ccc(Cl)c([N+](=O)[O-])c1)c1ccc(OC)cc1. The second-order valence-corrected chi connectivity index (χ2v) is 5.54. The maximum Gasteiger partial charge on any atom is 0.288 e. The lowest BCUT2D eigenvalue weighted by Crippen LogP contribution is -2.28. The third kappa shape index (κ3) is 4.02. The minimum absolute atomic E-state index is 0.00116. The molecular formula is C17H17ClN2O4. The van der Waals surface area contributed by atoms with Crippen LogP contribution in [0.15, 0.2) is 42.5 Å². The largest absolute Gasteiger partial charge is 0.497 e. The molecule has 1 amide bonds. The Morgan fingerprint density at radius 1 is 1.29 bits per heavy atom. The zero-order chi connectivity index (χ0) is 17.7. The molecule has 0 bridgehead atoms. The molecule has 0 aliphatic heterocycles. The molecule has 0 fully saturated rings. The van der Waals surface area contributed by atoms with E-state index >= 15 is 0 Å². The summed E-state index contributed by atoms with van der Waals surface area (Å²) < 4.78 is 5.12. The molecule has 0 unspecified atom stereocenters. The van der Waals surface area contributed by atoms with E-state index in [2.05, 4.69) is 5.32 Å². The van der Waals surface area contributed by atoms with E-state index in [1.165, 1.54) is 18.2 Å². The van der Waals surface area contributed by atoms with Crippen molar-refractivity contribution >= 4 is 23.2 Å². The second kappa shape index (κ2) is 7.79. The highest BCUT2D eigenvalue weighted by molar-refractivity contribution is 6.32. The molecule has 0 heterocycles. The number of nitrogens with one attached hydrogen (secondary N) is 1. The van der Waals surface area contributed by atoms with Gasteiger partial charge in [-0.2, -0.15) is 0 Å². The summed E-state index contributed by atoms with van der Waals surface area (Å²) in [6.07, 6.45) is 0.674. The lowest BCUT2D eigenvalue weighted by molar-refractivity contribution is -0.384. The molecule has 2 aromatic carbocycles. The summed E-state index contributed by atoms with van der Waals surface area (Å²) in [5.74, 6) is 0.339. The zero-order valence-corrected chi connectivity index (χ0v) is 14.0. The smallest absolute Gasteiger partial charge is 0.288 e. The lowest BCUT2D eigenvalue weighted by atomic mass is 10.0. The number of benzene rings is 2. The van der Waals surface area contributed by atoms with Gasteiger partial charge in [-0.15, -0.1) is 0 Å². The molecule has 2 aromatic rings. The molecule has 2 rings (SSSR count). The van der Waals surface area contributed by atoms with E-state index in [9.17, 15) is 14.9 Å². The number of halogens is 1. The van der Waals surface area contributed by atoms with Gasteiger partial charge in [0, 0.05) is 11.6 Å². The van der Waals surface area contributed by atoms with E-state index in [0.29, 0.717) is 6.42 Å². The first-order valence-electron chi connectivity index (χ1n) is 7.35. The molecule has 24 heavy (non-hydrogen) atoms. The van der Waals surface area contributed by atoms with E-state index in [1.54, 1.807) is 7.11 Å². The second-order valence-electron chi connectivity index (χ2n) is 5.13. The average Bonchev–Trinajstić information content (AvgIpc) is 2.59. The number of ether oxygens (including phenoxy) is 1. The highest BCUT2D eigenvalue weighted by atomic mass is 35.5. The number of methoxy groups -OCH3 is 1. The van der Waals surface area contributed by atoms with Gasteiger partial charge in [-0.3, -0.25) is 14.9 Å². The van der Waals surface area contributed by atoms with Gasteiger partial charge in [0.25, 0.3) is 11.6 Å². The van der Waals surface area contributed by atoms with Crippen LogP contribution in [0.4, 0.5) is 5.69 Å². The molecule has 0 saturated carbocycles. The Balaban J connectivity index is 2.19. The molecule has 0 aliphatic rings. The Bertz CT molecular complexity index is 747. The fourth-order valence-corrected chi connectivity index (χ4v) is 2.48. The van der Waals surface area contributed by atoms with E-state index in [0.717, 1.165) is 11.3 Å². The van der Waals surface area contributed by atoms with Gasteiger partial charge in [-0.1, -0.05) is 30.7 Å². The van der Waals surface area contributed by atoms with Crippen LogP contribution in [0, 0.1) is 10.1 Å². The first-order valence-corrected chi connectivity index (χ1v) is 7.72. The summed E-state index contributed by atoms with van der Waals surface area (Å²) in [5.41, 5.74) is 0.829. The molecule has 0 radical (unpaired) electrons. The summed E-state index contributed by atoms with van der Waals surface area (Å²) in [6, 6.07) is 11.2. The van der Waals surface area contributed by atoms with Crippen molar-refractivity contribution < 1.29 is 14.5 Å². The topological polar surface area (TPSA) is 81.5 Å². The summed E-state index contributed by atoms with van der Waals surface area (Å²) >= 11 is 5.77. The number of nitro benzene ring substituents is 1. The molecular weight excluding hydrogens is 332 g/mol. The van der Waals surface area contributed by atoms with Gasteiger partial charge in [0.1, 0.15) is 10.8 Å². The Morgan fingerprint density at radius 3 is 2.50 bits per heavy atom. The quantitative estimate of drug-likeness (QED) is 0.628. The number of carbonyl (C=O) groups excluding carboxylic acids is 1. The van der Waals surface area contributed by atoms with Crippen LogP contribution in [0.2, 0.25) is 5.02 Å². The fraction of sp³-hybridized carbons (Fsp3) is 0.235. The Labute approximate surface area is 144 Å². The lowest BCUT2D eigenvalue weighted by Gasteiger charge is -2.18. The molecule has 1 atom stereocenters. The molecule has 0 aliphatic carbocycles. The van der Waals surface area contributed by atoms with E-state index in [1.807, 2.05) is 31.2 Å². The highest BCUT2D eigenvalue weighted by Gasteiger charge is 2.19. The van der Waals surface area contributed by atoms with Gasteiger partial charge < -0.3 is 10.1 Å². The minimum atomic E-state index is -0.611. The molecule has 0 saturated heterocycles. The summed E-state index contributed by atoms with van der Waals surface area (Å²) in [4.78, 5) is 22.7. The van der Waals surface area contributed by atoms with E-state index < -0.39 is 10.8 Å². The number of carbonyl (C=O) groups is 1. The van der Waals surface area contributed by atoms with Crippen LogP contribution in [0.1, 0.15) is 35.3 Å². The van der Waals surface area contributed by atoms with Crippen LogP contribution in [-0.4, -0.2) is 17.9 Å². The minimum Gasteiger partial charge on any atom is -0.497 e. The van der Waals surface area contributed by atoms with Crippen molar-refractivity contribution in [2.24, 2.45) is 0 Å². The van der Waals surface area contributed by atoms with Crippen molar-refractivity contribution in [2.75, 3.05) is 7.11 Å². The predicted molar refractivity (Wildman–Crippen MR) is 91.6 cm³/mol. The maximum absolute atomic E-state index is 12.4. The molecule has 0 spiro atoms. The Morgan fingerprint density at radius 2 is 1.96 bits per heavy atom. The molecule has 126 valence electrons. The Hall–Kier alpha value is -2.60. The first-order chi connectivity index (χ1) is 11.5. The van der Waals surface area contributed by atoms with Crippen molar-refractivity contribution in [1.82, 2.24) is 5.32 Å². The predicted octanol–water partition coefficient (Wildman–Crippen LogP) is 4.14. The van der Waals surface area contributed by atoms with Crippen molar-refractivity contribution in [3.63, 3.8) is 0 Å². The third-order valence-electron chi connectivity index (χ3n) is 3.64. The van der Waals surface area contributed by atoms with Crippen LogP contribution in [0.25, 0.3) is 0 Å². The van der Waals surface area contributed by atoms with Crippen LogP contribution in [0.5, 0.6) is 5.75 Å². The molecule has 0 aromatic heterocycles. The molecule has 1 N–H and O–H groups in total. The van der Waals surface area contributed by atoms with Gasteiger partial charge in [0.05, 0.1) is 18.1 Å². The average molecular weight is 349 g/mol. The number of nitro groups is 1. The Kier molecular flexibility index (Phi) is 5.76. The summed E-state index contributed by atoms with van der Waals surface area (Å²) in [6.45, 7) is 1.94. The van der Waals surface area contributed by atoms with Gasteiger partial charge >= 0.3 is 0 Å². The van der Waals surface area contributed by atoms with E-state index in [4.69, 9.17) is 16.3 Å². The van der Waals surface area contributed by atoms with Crippen molar-refractivity contribution in [3.05, 3.63) is 68.7 Å². The van der Waals surface area contributed by atoms with Crippen molar-refractivity contribution in [2.45, 2.75) is 19.4 Å². The van der Waals surface area contributed by atoms with Crippen molar-refractivity contribution in [1.29, 1.82) is 0 Å². The number of nitrogens with zero attached hydrogens (tertiary/aromatic N) is 1. The van der Waals surface area contributed by atoms with Gasteiger partial charge in [0.2, 0.25) is 0 Å². The van der Waals surface area contributed by atoms with Crippen LogP contribution < -0.4 is 10.1 Å². The van der Waals surface area contributed by atoms with E-state index in [-0.39, 0.29) is 22.3 Å². The van der Waals surface area contributed by atoms with Crippen molar-refractivity contribution in [3.8, 4) is 5.75 Å². The monoisotopic (exact) mass is 348 g/mol.